The average molecular weight is 496 g/mol. The zero-order valence-electron chi connectivity index (χ0n) is 19.2. The van der Waals surface area contributed by atoms with Crippen LogP contribution in [0.5, 0.6) is 5.75 Å². The summed E-state index contributed by atoms with van der Waals surface area (Å²) in [6.45, 7) is 6.19. The molecule has 9 heteroatoms. The Hall–Kier alpha value is -3.17. The van der Waals surface area contributed by atoms with Crippen molar-refractivity contribution in [3.05, 3.63) is 59.0 Å². The summed E-state index contributed by atoms with van der Waals surface area (Å²) in [5.41, 5.74) is 2.12. The minimum Gasteiger partial charge on any atom is -0.494 e. The molecule has 0 radical (unpaired) electrons. The van der Waals surface area contributed by atoms with Crippen molar-refractivity contribution in [3.8, 4) is 5.75 Å². The maximum atomic E-state index is 13.5. The van der Waals surface area contributed by atoms with E-state index in [1.807, 2.05) is 26.8 Å². The van der Waals surface area contributed by atoms with Crippen molar-refractivity contribution < 1.29 is 19.1 Å². The average Bonchev–Trinajstić information content (AvgIpc) is 3.27. The van der Waals surface area contributed by atoms with Crippen LogP contribution in [0.15, 0.2) is 53.4 Å². The van der Waals surface area contributed by atoms with Crippen LogP contribution in [0.2, 0.25) is 0 Å². The molecule has 0 bridgehead atoms. The molecule has 0 spiro atoms. The molecule has 0 aromatic heterocycles. The van der Waals surface area contributed by atoms with Crippen molar-refractivity contribution >= 4 is 63.0 Å². The minimum atomic E-state index is -0.382. The number of carbonyl (C=O) groups excluding carboxylic acids is 3. The number of ether oxygens (including phenoxy) is 1. The Labute approximate surface area is 208 Å². The zero-order chi connectivity index (χ0) is 24.4. The number of hydrogen-bond acceptors (Lipinski definition) is 6. The van der Waals surface area contributed by atoms with Gasteiger partial charge in [0, 0.05) is 17.3 Å². The quantitative estimate of drug-likeness (QED) is 0.452. The Morgan fingerprint density at radius 1 is 1.09 bits per heavy atom. The summed E-state index contributed by atoms with van der Waals surface area (Å²) < 4.78 is 5.86. The molecule has 34 heavy (non-hydrogen) atoms. The molecular formula is C25H25N3O4S2. The van der Waals surface area contributed by atoms with Gasteiger partial charge < -0.3 is 10.1 Å². The van der Waals surface area contributed by atoms with E-state index >= 15 is 0 Å². The first-order chi connectivity index (χ1) is 16.3. The Morgan fingerprint density at radius 3 is 2.47 bits per heavy atom. The molecule has 7 nitrogen and oxygen atoms in total. The Kier molecular flexibility index (Phi) is 7.04. The second kappa shape index (κ2) is 9.99. The van der Waals surface area contributed by atoms with Gasteiger partial charge in [-0.3, -0.25) is 24.2 Å². The minimum absolute atomic E-state index is 0.0617. The zero-order valence-corrected chi connectivity index (χ0v) is 20.8. The van der Waals surface area contributed by atoms with Crippen molar-refractivity contribution in [2.24, 2.45) is 0 Å². The van der Waals surface area contributed by atoms with Gasteiger partial charge in [0.25, 0.3) is 11.8 Å². The van der Waals surface area contributed by atoms with Crippen molar-refractivity contribution in [1.82, 2.24) is 4.90 Å². The van der Waals surface area contributed by atoms with E-state index in [1.54, 1.807) is 47.4 Å². The van der Waals surface area contributed by atoms with Crippen LogP contribution in [0.3, 0.4) is 0 Å². The Morgan fingerprint density at radius 2 is 1.79 bits per heavy atom. The van der Waals surface area contributed by atoms with Gasteiger partial charge in [-0.1, -0.05) is 49.1 Å². The summed E-state index contributed by atoms with van der Waals surface area (Å²) in [6.07, 6.45) is 0.747. The number of carbonyl (C=O) groups is 3. The van der Waals surface area contributed by atoms with E-state index in [2.05, 4.69) is 5.32 Å². The molecule has 2 aromatic carbocycles. The number of nitrogens with zero attached hydrogens (tertiary/aromatic N) is 2. The highest BCUT2D eigenvalue weighted by Crippen LogP contribution is 2.45. The summed E-state index contributed by atoms with van der Waals surface area (Å²) in [7, 11) is 0. The normalized spacial score (nSPS) is 18.4. The molecule has 1 N–H and O–H groups in total. The van der Waals surface area contributed by atoms with E-state index in [1.165, 1.54) is 4.90 Å². The molecule has 0 aliphatic carbocycles. The molecule has 2 aliphatic rings. The fourth-order valence-corrected chi connectivity index (χ4v) is 5.43. The molecule has 1 unspecified atom stereocenters. The van der Waals surface area contributed by atoms with Crippen LogP contribution in [0.1, 0.15) is 32.8 Å². The number of benzene rings is 2. The van der Waals surface area contributed by atoms with Gasteiger partial charge in [0.15, 0.2) is 0 Å². The van der Waals surface area contributed by atoms with Crippen LogP contribution in [-0.4, -0.2) is 46.1 Å². The van der Waals surface area contributed by atoms with Gasteiger partial charge >= 0.3 is 0 Å². The maximum absolute atomic E-state index is 13.5. The highest BCUT2D eigenvalue weighted by molar-refractivity contribution is 8.26. The number of amides is 3. The Balaban J connectivity index is 1.59. The largest absolute Gasteiger partial charge is 0.494 e. The van der Waals surface area contributed by atoms with Crippen LogP contribution in [0.4, 0.5) is 11.4 Å². The molecule has 1 fully saturated rings. The van der Waals surface area contributed by atoms with Gasteiger partial charge in [-0.25, -0.2) is 0 Å². The molecule has 2 heterocycles. The smallest absolute Gasteiger partial charge is 0.267 e. The molecule has 4 rings (SSSR count). The summed E-state index contributed by atoms with van der Waals surface area (Å²) in [6, 6.07) is 14.2. The molecular weight excluding hydrogens is 470 g/mol. The van der Waals surface area contributed by atoms with Gasteiger partial charge in [0.2, 0.25) is 5.91 Å². The van der Waals surface area contributed by atoms with Gasteiger partial charge in [-0.15, -0.1) is 0 Å². The topological polar surface area (TPSA) is 79.0 Å². The summed E-state index contributed by atoms with van der Waals surface area (Å²) in [5.74, 6) is -0.278. The van der Waals surface area contributed by atoms with Crippen LogP contribution in [0, 0.1) is 0 Å². The first kappa shape index (κ1) is 24.0. The maximum Gasteiger partial charge on any atom is 0.267 e. The van der Waals surface area contributed by atoms with Crippen molar-refractivity contribution in [3.63, 3.8) is 0 Å². The van der Waals surface area contributed by atoms with Gasteiger partial charge in [0.1, 0.15) is 16.6 Å². The predicted octanol–water partition coefficient (Wildman–Crippen LogP) is 4.44. The number of thiocarbonyl (C=S) groups is 1. The fraction of sp³-hybridized carbons (Fsp3) is 0.280. The summed E-state index contributed by atoms with van der Waals surface area (Å²) in [5, 5.41) is 2.81. The first-order valence-electron chi connectivity index (χ1n) is 11.1. The van der Waals surface area contributed by atoms with Crippen LogP contribution in [-0.2, 0) is 14.4 Å². The second-order valence-corrected chi connectivity index (χ2v) is 9.56. The molecule has 2 aromatic rings. The van der Waals surface area contributed by atoms with Gasteiger partial charge in [-0.05, 0) is 50.6 Å². The van der Waals surface area contributed by atoms with E-state index in [0.29, 0.717) is 44.1 Å². The van der Waals surface area contributed by atoms with Crippen molar-refractivity contribution in [2.45, 2.75) is 33.2 Å². The molecule has 1 saturated heterocycles. The number of thioether (sulfide) groups is 1. The van der Waals surface area contributed by atoms with Gasteiger partial charge in [-0.2, -0.15) is 0 Å². The number of anilines is 2. The summed E-state index contributed by atoms with van der Waals surface area (Å²) in [4.78, 5) is 42.8. The van der Waals surface area contributed by atoms with Gasteiger partial charge in [0.05, 0.1) is 22.8 Å². The van der Waals surface area contributed by atoms with Crippen molar-refractivity contribution in [2.75, 3.05) is 23.4 Å². The lowest BCUT2D eigenvalue weighted by atomic mass is 10.1. The summed E-state index contributed by atoms with van der Waals surface area (Å²) >= 11 is 6.59. The predicted molar refractivity (Wildman–Crippen MR) is 139 cm³/mol. The third kappa shape index (κ3) is 4.45. The monoisotopic (exact) mass is 495 g/mol. The highest BCUT2D eigenvalue weighted by Gasteiger charge is 2.43. The van der Waals surface area contributed by atoms with E-state index in [9.17, 15) is 14.4 Å². The van der Waals surface area contributed by atoms with Crippen molar-refractivity contribution in [1.29, 1.82) is 0 Å². The third-order valence-electron chi connectivity index (χ3n) is 5.73. The number of rotatable bonds is 7. The van der Waals surface area contributed by atoms with E-state index in [0.717, 1.165) is 18.2 Å². The lowest BCUT2D eigenvalue weighted by Crippen LogP contribution is -2.37. The number of fused-ring (bicyclic) bond motifs is 1. The fourth-order valence-electron chi connectivity index (χ4n) is 3.89. The standard InChI is InChI=1S/C25H25N3O4S2/c1-4-15(3)28-24(31)22(34-25(28)33)21-18-8-6-7-9-19(18)27(23(21)30)14-20(29)26-16-10-12-17(13-11-16)32-5-2/h6-13,15H,4-5,14H2,1-3H3,(H,26,29)/b22-21+. The van der Waals surface area contributed by atoms with Crippen LogP contribution in [0.25, 0.3) is 5.57 Å². The SMILES string of the molecule is CCOc1ccc(NC(=O)CN2C(=O)/C(=C3/SC(=S)N(C(C)CC)C3=O)c3ccccc32)cc1. The number of nitrogens with one attached hydrogen (secondary N) is 1. The molecule has 1 atom stereocenters. The lowest BCUT2D eigenvalue weighted by Gasteiger charge is -2.21. The first-order valence-corrected chi connectivity index (χ1v) is 12.3. The molecule has 0 saturated carbocycles. The third-order valence-corrected chi connectivity index (χ3v) is 7.13. The Bertz CT molecular complexity index is 1190. The molecule has 2 aliphatic heterocycles. The highest BCUT2D eigenvalue weighted by atomic mass is 32.2. The second-order valence-electron chi connectivity index (χ2n) is 7.92. The van der Waals surface area contributed by atoms with Crippen LogP contribution >= 0.6 is 24.0 Å². The lowest BCUT2D eigenvalue weighted by molar-refractivity contribution is -0.123. The van der Waals surface area contributed by atoms with Crippen LogP contribution < -0.4 is 15.0 Å². The molecule has 3 amide bonds. The number of hydrogen-bond donors (Lipinski definition) is 1. The molecule has 176 valence electrons. The number of para-hydroxylation sites is 1. The van der Waals surface area contributed by atoms with E-state index in [4.69, 9.17) is 17.0 Å². The van der Waals surface area contributed by atoms with E-state index < -0.39 is 0 Å². The van der Waals surface area contributed by atoms with E-state index in [-0.39, 0.29) is 30.3 Å².